The van der Waals surface area contributed by atoms with Gasteiger partial charge in [0.2, 0.25) is 0 Å². The molecule has 0 spiro atoms. The Morgan fingerprint density at radius 2 is 1.71 bits per heavy atom. The number of ether oxygens (including phenoxy) is 3. The van der Waals surface area contributed by atoms with Crippen molar-refractivity contribution in [3.63, 3.8) is 0 Å². The first kappa shape index (κ1) is 31.6. The smallest absolute Gasteiger partial charge is 0.163 e. The number of benzene rings is 2. The number of aliphatic hydroxyl groups excluding tert-OH is 1. The lowest BCUT2D eigenvalue weighted by Crippen LogP contribution is -2.51. The lowest BCUT2D eigenvalue weighted by molar-refractivity contribution is 0.0240. The summed E-state index contributed by atoms with van der Waals surface area (Å²) in [4.78, 5) is 15.9. The Morgan fingerprint density at radius 3 is 2.41 bits per heavy atom. The largest absolute Gasteiger partial charge is 0.493 e. The number of fused-ring (bicyclic) bond motifs is 1. The van der Waals surface area contributed by atoms with Gasteiger partial charge in [0.25, 0.3) is 0 Å². The van der Waals surface area contributed by atoms with Crippen molar-refractivity contribution in [3.8, 4) is 11.5 Å². The highest BCUT2D eigenvalue weighted by atomic mass is 79.9. The van der Waals surface area contributed by atoms with Crippen molar-refractivity contribution in [2.24, 2.45) is 0 Å². The number of anilines is 2. The Labute approximate surface area is 254 Å². The Bertz CT molecular complexity index is 1280. The molecule has 2 aliphatic rings. The van der Waals surface area contributed by atoms with Crippen LogP contribution in [-0.4, -0.2) is 122 Å². The van der Waals surface area contributed by atoms with Crippen LogP contribution in [-0.2, 0) is 4.74 Å². The predicted molar refractivity (Wildman–Crippen MR) is 162 cm³/mol. The van der Waals surface area contributed by atoms with Crippen molar-refractivity contribution in [2.45, 2.75) is 6.10 Å². The first-order valence-corrected chi connectivity index (χ1v) is 14.4. The molecule has 1 atom stereocenters. The summed E-state index contributed by atoms with van der Waals surface area (Å²) in [7, 11) is 1.55. The van der Waals surface area contributed by atoms with E-state index in [2.05, 4.69) is 45.9 Å². The van der Waals surface area contributed by atoms with E-state index in [1.54, 1.807) is 31.4 Å². The summed E-state index contributed by atoms with van der Waals surface area (Å²) >= 11 is 3.27. The molecule has 0 saturated carbocycles. The maximum atomic E-state index is 14.4. The van der Waals surface area contributed by atoms with E-state index in [1.807, 2.05) is 0 Å². The van der Waals surface area contributed by atoms with E-state index < -0.39 is 11.9 Å². The predicted octanol–water partition coefficient (Wildman–Crippen LogP) is 3.39. The number of rotatable bonds is 11. The fourth-order valence-corrected chi connectivity index (χ4v) is 5.33. The van der Waals surface area contributed by atoms with Crippen molar-refractivity contribution < 1.29 is 23.7 Å². The Balaban J connectivity index is 0.00000387. The Hall–Kier alpha value is -2.32. The average Bonchev–Trinajstić information content (AvgIpc) is 2.97. The summed E-state index contributed by atoms with van der Waals surface area (Å²) in [5.74, 6) is 0.987. The first-order valence-electron chi connectivity index (χ1n) is 13.6. The standard InChI is InChI=1S/C28H36BrFN6O4.ClH/c1-38-26-15-22-25(31-19-32-28(22)33-24-3-2-20(29)14-23(24)30)16-27(26)40-18-21(37)17-36-8-6-34(7-9-36)4-5-35-10-12-39-13-11-35;/h2-3,14-16,19,21,37H,4-13,17-18H2,1H3,(H,31,32,33);1H. The van der Waals surface area contributed by atoms with Gasteiger partial charge in [-0.3, -0.25) is 14.7 Å². The number of β-amino-alcohol motifs (C(OH)–C–C–N with tert-alkyl or cyclic N) is 1. The Kier molecular flexibility index (Phi) is 11.7. The van der Waals surface area contributed by atoms with Crippen LogP contribution in [0.25, 0.3) is 10.9 Å². The molecule has 2 fully saturated rings. The summed E-state index contributed by atoms with van der Waals surface area (Å²) in [6.45, 7) is 10.4. The second-order valence-corrected chi connectivity index (χ2v) is 11.0. The first-order chi connectivity index (χ1) is 19.5. The van der Waals surface area contributed by atoms with E-state index in [9.17, 15) is 9.50 Å². The fourth-order valence-electron chi connectivity index (χ4n) is 4.99. The van der Waals surface area contributed by atoms with E-state index in [0.717, 1.165) is 65.6 Å². The number of morpholine rings is 1. The minimum Gasteiger partial charge on any atom is -0.493 e. The number of nitrogens with one attached hydrogen (secondary N) is 1. The zero-order valence-electron chi connectivity index (χ0n) is 23.1. The van der Waals surface area contributed by atoms with Crippen LogP contribution in [0.2, 0.25) is 0 Å². The number of aromatic nitrogens is 2. The molecule has 10 nitrogen and oxygen atoms in total. The average molecular weight is 656 g/mol. The van der Waals surface area contributed by atoms with E-state index in [0.29, 0.717) is 44.9 Å². The summed E-state index contributed by atoms with van der Waals surface area (Å²) in [5.41, 5.74) is 0.900. The number of methoxy groups -OCH3 is 1. The quantitative estimate of drug-likeness (QED) is 0.320. The van der Waals surface area contributed by atoms with Gasteiger partial charge >= 0.3 is 0 Å². The molecule has 2 aromatic carbocycles. The van der Waals surface area contributed by atoms with Crippen LogP contribution in [0.5, 0.6) is 11.5 Å². The monoisotopic (exact) mass is 654 g/mol. The highest BCUT2D eigenvalue weighted by molar-refractivity contribution is 9.10. The molecule has 0 radical (unpaired) electrons. The van der Waals surface area contributed by atoms with Crippen LogP contribution >= 0.6 is 28.3 Å². The van der Waals surface area contributed by atoms with Gasteiger partial charge in [0.1, 0.15) is 30.7 Å². The topological polar surface area (TPSA) is 95.4 Å². The number of aliphatic hydroxyl groups is 1. The zero-order valence-corrected chi connectivity index (χ0v) is 25.5. The number of nitrogens with zero attached hydrogens (tertiary/aromatic N) is 5. The molecule has 224 valence electrons. The van der Waals surface area contributed by atoms with E-state index >= 15 is 0 Å². The van der Waals surface area contributed by atoms with Gasteiger partial charge in [0, 0.05) is 74.8 Å². The molecule has 1 unspecified atom stereocenters. The zero-order chi connectivity index (χ0) is 27.9. The van der Waals surface area contributed by atoms with Crippen molar-refractivity contribution in [3.05, 3.63) is 46.9 Å². The molecule has 13 heteroatoms. The lowest BCUT2D eigenvalue weighted by Gasteiger charge is -2.37. The third-order valence-electron chi connectivity index (χ3n) is 7.31. The van der Waals surface area contributed by atoms with Gasteiger partial charge in [0.15, 0.2) is 11.5 Å². The fraction of sp³-hybridized carbons (Fsp3) is 0.500. The van der Waals surface area contributed by atoms with Crippen molar-refractivity contribution >= 4 is 50.7 Å². The van der Waals surface area contributed by atoms with Crippen molar-refractivity contribution in [1.29, 1.82) is 0 Å². The molecule has 3 aromatic rings. The summed E-state index contributed by atoms with van der Waals surface area (Å²) in [5, 5.41) is 14.4. The van der Waals surface area contributed by atoms with Crippen LogP contribution in [0.4, 0.5) is 15.9 Å². The van der Waals surface area contributed by atoms with Gasteiger partial charge in [-0.2, -0.15) is 0 Å². The molecule has 0 aliphatic carbocycles. The van der Waals surface area contributed by atoms with Crippen LogP contribution in [0.15, 0.2) is 41.1 Å². The molecule has 41 heavy (non-hydrogen) atoms. The highest BCUT2D eigenvalue weighted by Crippen LogP contribution is 2.35. The maximum absolute atomic E-state index is 14.4. The minimum absolute atomic E-state index is 0. The number of piperazine rings is 1. The van der Waals surface area contributed by atoms with Crippen LogP contribution in [0.1, 0.15) is 0 Å². The Morgan fingerprint density at radius 1 is 1.00 bits per heavy atom. The number of hydrogen-bond acceptors (Lipinski definition) is 10. The normalized spacial score (nSPS) is 17.7. The van der Waals surface area contributed by atoms with E-state index in [4.69, 9.17) is 14.2 Å². The third-order valence-corrected chi connectivity index (χ3v) is 7.80. The second kappa shape index (κ2) is 15.2. The lowest BCUT2D eigenvalue weighted by atomic mass is 10.2. The summed E-state index contributed by atoms with van der Waals surface area (Å²) in [6, 6.07) is 8.27. The molecular weight excluding hydrogens is 619 g/mol. The molecule has 2 aliphatic heterocycles. The maximum Gasteiger partial charge on any atom is 0.163 e. The van der Waals surface area contributed by atoms with Gasteiger partial charge in [-0.1, -0.05) is 15.9 Å². The van der Waals surface area contributed by atoms with E-state index in [-0.39, 0.29) is 19.0 Å². The second-order valence-electron chi connectivity index (χ2n) is 10.1. The third kappa shape index (κ3) is 8.60. The molecule has 2 N–H and O–H groups in total. The van der Waals surface area contributed by atoms with Gasteiger partial charge < -0.3 is 24.6 Å². The van der Waals surface area contributed by atoms with Crippen LogP contribution < -0.4 is 14.8 Å². The van der Waals surface area contributed by atoms with Gasteiger partial charge in [0.05, 0.1) is 31.5 Å². The van der Waals surface area contributed by atoms with Crippen LogP contribution in [0.3, 0.4) is 0 Å². The molecule has 2 saturated heterocycles. The number of halogens is 3. The molecule has 0 amide bonds. The van der Waals surface area contributed by atoms with Crippen molar-refractivity contribution in [1.82, 2.24) is 24.7 Å². The summed E-state index contributed by atoms with van der Waals surface area (Å²) in [6.07, 6.45) is 0.760. The van der Waals surface area contributed by atoms with Gasteiger partial charge in [-0.25, -0.2) is 14.4 Å². The molecule has 1 aromatic heterocycles. The molecule has 0 bridgehead atoms. The molecular formula is C28H37BrClFN6O4. The molecule has 3 heterocycles. The van der Waals surface area contributed by atoms with Gasteiger partial charge in [-0.15, -0.1) is 12.4 Å². The molecule has 5 rings (SSSR count). The van der Waals surface area contributed by atoms with Gasteiger partial charge in [-0.05, 0) is 24.3 Å². The van der Waals surface area contributed by atoms with Crippen LogP contribution in [0, 0.1) is 5.82 Å². The SMILES string of the molecule is COc1cc2c(Nc3ccc(Br)cc3F)ncnc2cc1OCC(O)CN1CCN(CCN2CCOCC2)CC1.Cl. The minimum atomic E-state index is -0.650. The summed E-state index contributed by atoms with van der Waals surface area (Å²) < 4.78 is 32.0. The number of hydrogen-bond donors (Lipinski definition) is 2. The van der Waals surface area contributed by atoms with Crippen molar-refractivity contribution in [2.75, 3.05) is 91.2 Å². The van der Waals surface area contributed by atoms with E-state index in [1.165, 1.54) is 12.4 Å². The highest BCUT2D eigenvalue weighted by Gasteiger charge is 2.21.